The Morgan fingerprint density at radius 2 is 2.37 bits per heavy atom. The molecule has 1 unspecified atom stereocenters. The van der Waals surface area contributed by atoms with Crippen molar-refractivity contribution in [3.8, 4) is 0 Å². The fourth-order valence-corrected chi connectivity index (χ4v) is 2.26. The van der Waals surface area contributed by atoms with Crippen LogP contribution < -0.4 is 10.6 Å². The summed E-state index contributed by atoms with van der Waals surface area (Å²) in [6, 6.07) is 5.43. The van der Waals surface area contributed by atoms with Gasteiger partial charge in [-0.2, -0.15) is 0 Å². The van der Waals surface area contributed by atoms with Gasteiger partial charge >= 0.3 is 0 Å². The summed E-state index contributed by atoms with van der Waals surface area (Å²) in [5, 5.41) is 6.07. The van der Waals surface area contributed by atoms with E-state index in [1.54, 1.807) is 6.92 Å². The molecule has 19 heavy (non-hydrogen) atoms. The zero-order chi connectivity index (χ0) is 12.5. The third-order valence-electron chi connectivity index (χ3n) is 3.14. The van der Waals surface area contributed by atoms with Crippen LogP contribution in [-0.4, -0.2) is 23.5 Å². The predicted molar refractivity (Wildman–Crippen MR) is 75.6 cm³/mol. The maximum absolute atomic E-state index is 11.9. The number of nitrogens with zero attached hydrogens (tertiary/aromatic N) is 1. The summed E-state index contributed by atoms with van der Waals surface area (Å²) in [5.41, 5.74) is 2.26. The van der Waals surface area contributed by atoms with Gasteiger partial charge in [0, 0.05) is 18.7 Å². The lowest BCUT2D eigenvalue weighted by Crippen LogP contribution is -2.35. The van der Waals surface area contributed by atoms with Gasteiger partial charge in [0.2, 0.25) is 5.91 Å². The number of oxazole rings is 1. The van der Waals surface area contributed by atoms with Crippen LogP contribution in [0.4, 0.5) is 5.69 Å². The molecule has 0 aliphatic carbocycles. The van der Waals surface area contributed by atoms with Gasteiger partial charge in [-0.1, -0.05) is 0 Å². The molecule has 1 saturated heterocycles. The number of hydrogen-bond acceptors (Lipinski definition) is 4. The van der Waals surface area contributed by atoms with Gasteiger partial charge in [-0.3, -0.25) is 4.79 Å². The molecule has 3 rings (SSSR count). The molecule has 5 nitrogen and oxygen atoms in total. The second-order valence-corrected chi connectivity index (χ2v) is 4.55. The number of rotatable bonds is 2. The highest BCUT2D eigenvalue weighted by molar-refractivity contribution is 5.96. The molecule has 2 heterocycles. The molecule has 1 aromatic heterocycles. The van der Waals surface area contributed by atoms with Gasteiger partial charge in [-0.15, -0.1) is 12.4 Å². The first-order valence-electron chi connectivity index (χ1n) is 6.14. The van der Waals surface area contributed by atoms with Gasteiger partial charge in [0.1, 0.15) is 5.52 Å². The normalized spacial score (nSPS) is 18.3. The zero-order valence-electron chi connectivity index (χ0n) is 10.6. The third-order valence-corrected chi connectivity index (χ3v) is 3.14. The van der Waals surface area contributed by atoms with Crippen LogP contribution in [0.1, 0.15) is 18.7 Å². The fraction of sp³-hybridized carbons (Fsp3) is 0.385. The van der Waals surface area contributed by atoms with E-state index in [4.69, 9.17) is 4.42 Å². The van der Waals surface area contributed by atoms with Crippen LogP contribution in [-0.2, 0) is 4.79 Å². The van der Waals surface area contributed by atoms with E-state index in [1.807, 2.05) is 18.2 Å². The minimum absolute atomic E-state index is 0. The summed E-state index contributed by atoms with van der Waals surface area (Å²) >= 11 is 0. The van der Waals surface area contributed by atoms with Crippen molar-refractivity contribution in [1.82, 2.24) is 10.3 Å². The molecule has 1 aromatic carbocycles. The molecule has 0 spiro atoms. The minimum atomic E-state index is -0.0721. The molecule has 102 valence electrons. The van der Waals surface area contributed by atoms with E-state index in [2.05, 4.69) is 15.6 Å². The van der Waals surface area contributed by atoms with E-state index in [0.717, 1.165) is 30.6 Å². The molecule has 1 amide bonds. The SMILES string of the molecule is Cc1nc2ccc(NC(=O)C3CCCN3)cc2o1.Cl. The van der Waals surface area contributed by atoms with Gasteiger partial charge in [0.25, 0.3) is 0 Å². The first-order valence-corrected chi connectivity index (χ1v) is 6.14. The number of nitrogens with one attached hydrogen (secondary N) is 2. The van der Waals surface area contributed by atoms with Gasteiger partial charge in [0.05, 0.1) is 6.04 Å². The van der Waals surface area contributed by atoms with Crippen LogP contribution in [0.3, 0.4) is 0 Å². The van der Waals surface area contributed by atoms with Crippen molar-refractivity contribution in [3.05, 3.63) is 24.1 Å². The van der Waals surface area contributed by atoms with Crippen molar-refractivity contribution < 1.29 is 9.21 Å². The Hall–Kier alpha value is -1.59. The maximum atomic E-state index is 11.9. The number of aryl methyl sites for hydroxylation is 1. The van der Waals surface area contributed by atoms with Crippen LogP contribution in [0, 0.1) is 6.92 Å². The highest BCUT2D eigenvalue weighted by Gasteiger charge is 2.21. The van der Waals surface area contributed by atoms with E-state index < -0.39 is 0 Å². The lowest BCUT2D eigenvalue weighted by molar-refractivity contribution is -0.117. The number of fused-ring (bicyclic) bond motifs is 1. The topological polar surface area (TPSA) is 67.2 Å². The maximum Gasteiger partial charge on any atom is 0.241 e. The summed E-state index contributed by atoms with van der Waals surface area (Å²) in [6.45, 7) is 2.72. The molecule has 1 aliphatic rings. The first kappa shape index (κ1) is 13.8. The van der Waals surface area contributed by atoms with Crippen molar-refractivity contribution in [2.24, 2.45) is 0 Å². The van der Waals surface area contributed by atoms with Crippen LogP contribution in [0.5, 0.6) is 0 Å². The number of amides is 1. The van der Waals surface area contributed by atoms with E-state index in [0.29, 0.717) is 11.5 Å². The molecule has 1 atom stereocenters. The van der Waals surface area contributed by atoms with Gasteiger partial charge in [-0.25, -0.2) is 4.98 Å². The monoisotopic (exact) mass is 281 g/mol. The Bertz CT molecular complexity index is 591. The molecular formula is C13H16ClN3O2. The minimum Gasteiger partial charge on any atom is -0.441 e. The van der Waals surface area contributed by atoms with Crippen LogP contribution in [0.25, 0.3) is 11.1 Å². The molecule has 0 bridgehead atoms. The second kappa shape index (κ2) is 5.59. The lowest BCUT2D eigenvalue weighted by Gasteiger charge is -2.10. The van der Waals surface area contributed by atoms with Gasteiger partial charge in [-0.05, 0) is 31.5 Å². The standard InChI is InChI=1S/C13H15N3O2.ClH/c1-8-15-10-5-4-9(7-12(10)18-8)16-13(17)11-3-2-6-14-11;/h4-5,7,11,14H,2-3,6H2,1H3,(H,16,17);1H. The number of carbonyl (C=O) groups is 1. The number of carbonyl (C=O) groups excluding carboxylic acids is 1. The van der Waals surface area contributed by atoms with Crippen molar-refractivity contribution in [2.45, 2.75) is 25.8 Å². The highest BCUT2D eigenvalue weighted by Crippen LogP contribution is 2.20. The summed E-state index contributed by atoms with van der Waals surface area (Å²) in [6.07, 6.45) is 1.95. The molecule has 2 aromatic rings. The second-order valence-electron chi connectivity index (χ2n) is 4.55. The van der Waals surface area contributed by atoms with Crippen molar-refractivity contribution in [1.29, 1.82) is 0 Å². The molecule has 0 radical (unpaired) electrons. The number of benzene rings is 1. The molecule has 0 saturated carbocycles. The number of anilines is 1. The predicted octanol–water partition coefficient (Wildman–Crippen LogP) is 2.25. The highest BCUT2D eigenvalue weighted by atomic mass is 35.5. The summed E-state index contributed by atoms with van der Waals surface area (Å²) < 4.78 is 5.44. The average Bonchev–Trinajstić information content (AvgIpc) is 2.95. The Balaban J connectivity index is 0.00000133. The van der Waals surface area contributed by atoms with Gasteiger partial charge < -0.3 is 15.1 Å². The molecule has 2 N–H and O–H groups in total. The van der Waals surface area contributed by atoms with E-state index >= 15 is 0 Å². The van der Waals surface area contributed by atoms with Crippen LogP contribution in [0.2, 0.25) is 0 Å². The summed E-state index contributed by atoms with van der Waals surface area (Å²) in [5.74, 6) is 0.647. The van der Waals surface area contributed by atoms with E-state index in [1.165, 1.54) is 0 Å². The van der Waals surface area contributed by atoms with Crippen molar-refractivity contribution in [2.75, 3.05) is 11.9 Å². The van der Waals surface area contributed by atoms with E-state index in [-0.39, 0.29) is 24.4 Å². The number of aromatic nitrogens is 1. The van der Waals surface area contributed by atoms with Crippen LogP contribution in [0.15, 0.2) is 22.6 Å². The van der Waals surface area contributed by atoms with Crippen LogP contribution >= 0.6 is 12.4 Å². The summed E-state index contributed by atoms with van der Waals surface area (Å²) in [7, 11) is 0. The van der Waals surface area contributed by atoms with Crippen molar-refractivity contribution >= 4 is 35.1 Å². The lowest BCUT2D eigenvalue weighted by atomic mass is 10.2. The molecule has 1 fully saturated rings. The molecule has 6 heteroatoms. The largest absolute Gasteiger partial charge is 0.441 e. The van der Waals surface area contributed by atoms with Gasteiger partial charge in [0.15, 0.2) is 11.5 Å². The molecular weight excluding hydrogens is 266 g/mol. The number of hydrogen-bond donors (Lipinski definition) is 2. The average molecular weight is 282 g/mol. The Morgan fingerprint density at radius 1 is 1.53 bits per heavy atom. The van der Waals surface area contributed by atoms with Crippen molar-refractivity contribution in [3.63, 3.8) is 0 Å². The molecule has 1 aliphatic heterocycles. The van der Waals surface area contributed by atoms with E-state index in [9.17, 15) is 4.79 Å². The Labute approximate surface area is 117 Å². The Morgan fingerprint density at radius 3 is 3.11 bits per heavy atom. The zero-order valence-corrected chi connectivity index (χ0v) is 11.4. The first-order chi connectivity index (χ1) is 8.72. The third kappa shape index (κ3) is 2.88. The fourth-order valence-electron chi connectivity index (χ4n) is 2.26. The smallest absolute Gasteiger partial charge is 0.241 e. The number of halogens is 1. The quantitative estimate of drug-likeness (QED) is 0.886. The Kier molecular flexibility index (Phi) is 4.07. The summed E-state index contributed by atoms with van der Waals surface area (Å²) in [4.78, 5) is 16.2.